The molecule has 0 bridgehead atoms. The van der Waals surface area contributed by atoms with Gasteiger partial charge in [-0.05, 0) is 53.6 Å². The van der Waals surface area contributed by atoms with Crippen molar-refractivity contribution in [1.29, 1.82) is 5.26 Å². The molecule has 3 nitrogen and oxygen atoms in total. The lowest BCUT2D eigenvalue weighted by Gasteiger charge is -2.31. The number of hydrogen-bond acceptors (Lipinski definition) is 3. The Morgan fingerprint density at radius 2 is 2.00 bits per heavy atom. The number of piperidine rings is 1. The molecular formula is C17H21IN2O. The maximum Gasteiger partial charge on any atom is 0.0991 e. The summed E-state index contributed by atoms with van der Waals surface area (Å²) in [6, 6.07) is 10.1. The second kappa shape index (κ2) is 9.19. The van der Waals surface area contributed by atoms with Crippen molar-refractivity contribution in [1.82, 2.24) is 4.90 Å². The number of nitrogens with zero attached hydrogens (tertiary/aromatic N) is 2. The van der Waals surface area contributed by atoms with Crippen LogP contribution in [0.3, 0.4) is 0 Å². The van der Waals surface area contributed by atoms with Crippen LogP contribution in [0, 0.1) is 17.2 Å². The zero-order chi connectivity index (χ0) is 14.9. The van der Waals surface area contributed by atoms with Gasteiger partial charge in [-0.3, -0.25) is 4.90 Å². The Balaban J connectivity index is 1.70. The topological polar surface area (TPSA) is 36.3 Å². The minimum absolute atomic E-state index is 0.699. The molecule has 4 heteroatoms. The van der Waals surface area contributed by atoms with Crippen LogP contribution in [0.2, 0.25) is 0 Å². The van der Waals surface area contributed by atoms with Crippen molar-refractivity contribution >= 4 is 22.6 Å². The van der Waals surface area contributed by atoms with Crippen LogP contribution in [-0.2, 0) is 11.3 Å². The largest absolute Gasteiger partial charge is 0.377 e. The first kappa shape index (κ1) is 16.5. The minimum atomic E-state index is 0.699. The lowest BCUT2D eigenvalue weighted by molar-refractivity contribution is 0.0800. The van der Waals surface area contributed by atoms with Crippen LogP contribution in [0.15, 0.2) is 34.4 Å². The number of ether oxygens (including phenoxy) is 1. The second-order valence-electron chi connectivity index (χ2n) is 5.43. The summed E-state index contributed by atoms with van der Waals surface area (Å²) in [5.41, 5.74) is 2.02. The summed E-state index contributed by atoms with van der Waals surface area (Å²) in [6.45, 7) is 4.86. The molecule has 0 spiro atoms. The fourth-order valence-electron chi connectivity index (χ4n) is 2.59. The minimum Gasteiger partial charge on any atom is -0.377 e. The Kier molecular flexibility index (Phi) is 7.20. The van der Waals surface area contributed by atoms with Crippen LogP contribution in [0.4, 0.5) is 0 Å². The third-order valence-electron chi connectivity index (χ3n) is 3.85. The van der Waals surface area contributed by atoms with Gasteiger partial charge in [-0.2, -0.15) is 5.26 Å². The Hall–Kier alpha value is -0.900. The number of hydrogen-bond donors (Lipinski definition) is 0. The molecule has 0 atom stereocenters. The molecule has 0 aliphatic carbocycles. The SMILES string of the molecule is N#Cc1ccc(CN2CCC(COC/C=C/[123I])CC2)cc1. The van der Waals surface area contributed by atoms with Gasteiger partial charge in [0, 0.05) is 13.2 Å². The van der Waals surface area contributed by atoms with Crippen molar-refractivity contribution in [3.63, 3.8) is 0 Å². The molecule has 1 heterocycles. The summed E-state index contributed by atoms with van der Waals surface area (Å²) in [7, 11) is 0. The van der Waals surface area contributed by atoms with Crippen LogP contribution in [-0.4, -0.2) is 31.2 Å². The van der Waals surface area contributed by atoms with E-state index >= 15 is 0 Å². The number of benzene rings is 1. The maximum atomic E-state index is 8.81. The zero-order valence-electron chi connectivity index (χ0n) is 12.2. The van der Waals surface area contributed by atoms with Crippen LogP contribution in [0.5, 0.6) is 0 Å². The van der Waals surface area contributed by atoms with Gasteiger partial charge in [-0.15, -0.1) is 0 Å². The van der Waals surface area contributed by atoms with Gasteiger partial charge in [-0.25, -0.2) is 0 Å². The number of likely N-dealkylation sites (tertiary alicyclic amines) is 1. The Morgan fingerprint density at radius 3 is 2.62 bits per heavy atom. The molecule has 0 unspecified atom stereocenters. The van der Waals surface area contributed by atoms with E-state index in [-0.39, 0.29) is 0 Å². The molecule has 0 saturated carbocycles. The van der Waals surface area contributed by atoms with Crippen molar-refractivity contribution < 1.29 is 4.74 Å². The van der Waals surface area contributed by atoms with Crippen molar-refractivity contribution in [3.8, 4) is 6.07 Å². The first-order valence-corrected chi connectivity index (χ1v) is 8.60. The highest BCUT2D eigenvalue weighted by Gasteiger charge is 2.19. The Labute approximate surface area is 140 Å². The molecule has 1 saturated heterocycles. The molecule has 1 aliphatic rings. The van der Waals surface area contributed by atoms with Gasteiger partial charge < -0.3 is 4.74 Å². The molecule has 1 aromatic rings. The smallest absolute Gasteiger partial charge is 0.0991 e. The normalized spacial score (nSPS) is 17.1. The third kappa shape index (κ3) is 5.77. The summed E-state index contributed by atoms with van der Waals surface area (Å²) in [5.74, 6) is 0.699. The van der Waals surface area contributed by atoms with E-state index in [2.05, 4.69) is 45.7 Å². The van der Waals surface area contributed by atoms with Crippen LogP contribution >= 0.6 is 22.6 Å². The highest BCUT2D eigenvalue weighted by molar-refractivity contribution is 14.1. The van der Waals surface area contributed by atoms with Crippen LogP contribution in [0.25, 0.3) is 0 Å². The summed E-state index contributed by atoms with van der Waals surface area (Å²) in [4.78, 5) is 2.49. The fourth-order valence-corrected chi connectivity index (χ4v) is 2.80. The lowest BCUT2D eigenvalue weighted by atomic mass is 9.97. The highest BCUT2D eigenvalue weighted by Crippen LogP contribution is 2.19. The van der Waals surface area contributed by atoms with E-state index < -0.39 is 0 Å². The van der Waals surface area contributed by atoms with E-state index in [0.717, 1.165) is 38.4 Å². The predicted molar refractivity (Wildman–Crippen MR) is 93.1 cm³/mol. The van der Waals surface area contributed by atoms with Gasteiger partial charge in [0.05, 0.1) is 18.2 Å². The first-order chi connectivity index (χ1) is 10.3. The van der Waals surface area contributed by atoms with Crippen LogP contribution < -0.4 is 0 Å². The van der Waals surface area contributed by atoms with E-state index in [4.69, 9.17) is 10.00 Å². The molecule has 0 amide bonds. The van der Waals surface area contributed by atoms with Gasteiger partial charge in [0.1, 0.15) is 0 Å². The molecule has 0 radical (unpaired) electrons. The summed E-state index contributed by atoms with van der Waals surface area (Å²) in [6.07, 6.45) is 4.47. The van der Waals surface area contributed by atoms with Crippen LogP contribution in [0.1, 0.15) is 24.0 Å². The van der Waals surface area contributed by atoms with E-state index in [0.29, 0.717) is 5.92 Å². The summed E-state index contributed by atoms with van der Waals surface area (Å²) in [5, 5.41) is 8.81. The van der Waals surface area contributed by atoms with Crippen molar-refractivity contribution in [2.45, 2.75) is 19.4 Å². The Bertz CT molecular complexity index is 485. The third-order valence-corrected chi connectivity index (χ3v) is 4.36. The fraction of sp³-hybridized carbons (Fsp3) is 0.471. The number of halogens is 1. The van der Waals surface area contributed by atoms with Crippen molar-refractivity contribution in [3.05, 3.63) is 45.6 Å². The zero-order valence-corrected chi connectivity index (χ0v) is 14.3. The van der Waals surface area contributed by atoms with Gasteiger partial charge in [0.2, 0.25) is 0 Å². The average Bonchev–Trinajstić information content (AvgIpc) is 2.54. The maximum absolute atomic E-state index is 8.81. The van der Waals surface area contributed by atoms with Crippen molar-refractivity contribution in [2.24, 2.45) is 5.92 Å². The second-order valence-corrected chi connectivity index (χ2v) is 6.15. The first-order valence-electron chi connectivity index (χ1n) is 7.36. The van der Waals surface area contributed by atoms with Gasteiger partial charge in [0.15, 0.2) is 0 Å². The molecule has 21 heavy (non-hydrogen) atoms. The monoisotopic (exact) mass is 392 g/mol. The number of nitriles is 1. The van der Waals surface area contributed by atoms with E-state index in [1.165, 1.54) is 18.4 Å². The van der Waals surface area contributed by atoms with E-state index in [1.54, 1.807) is 0 Å². The summed E-state index contributed by atoms with van der Waals surface area (Å²) < 4.78 is 7.65. The van der Waals surface area contributed by atoms with Crippen molar-refractivity contribution in [2.75, 3.05) is 26.3 Å². The highest BCUT2D eigenvalue weighted by atomic mass is 123. The molecule has 1 fully saturated rings. The molecule has 112 valence electrons. The van der Waals surface area contributed by atoms with E-state index in [1.807, 2.05) is 22.3 Å². The average molecular weight is 392 g/mol. The van der Waals surface area contributed by atoms with E-state index in [9.17, 15) is 0 Å². The molecule has 0 N–H and O–H groups in total. The molecule has 2 rings (SSSR count). The standard InChI is InChI=1S/C17H21IN2O/c18-8-1-11-21-14-17-6-9-20(10-7-17)13-16-4-2-15(12-19)3-5-16/h1-5,8,17H,6-7,9-11,13-14H2/b8-1+/i18-4. The summed E-state index contributed by atoms with van der Waals surface area (Å²) >= 11 is 2.21. The van der Waals surface area contributed by atoms with Gasteiger partial charge in [0.25, 0.3) is 0 Å². The molecule has 1 aromatic carbocycles. The molecular weight excluding hydrogens is 371 g/mol. The lowest BCUT2D eigenvalue weighted by Crippen LogP contribution is -2.34. The predicted octanol–water partition coefficient (Wildman–Crippen LogP) is 3.74. The van der Waals surface area contributed by atoms with Gasteiger partial charge >= 0.3 is 0 Å². The molecule has 0 aromatic heterocycles. The molecule has 1 aliphatic heterocycles. The number of rotatable bonds is 6. The Morgan fingerprint density at radius 1 is 1.29 bits per heavy atom. The quantitative estimate of drug-likeness (QED) is 0.547. The van der Waals surface area contributed by atoms with Gasteiger partial charge in [-0.1, -0.05) is 40.8 Å².